The molecule has 2 unspecified atom stereocenters. The highest BCUT2D eigenvalue weighted by Crippen LogP contribution is 2.12. The van der Waals surface area contributed by atoms with E-state index in [0.29, 0.717) is 6.42 Å². The van der Waals surface area contributed by atoms with Crippen molar-refractivity contribution in [3.63, 3.8) is 0 Å². The molecule has 0 saturated heterocycles. The van der Waals surface area contributed by atoms with E-state index in [1.54, 1.807) is 31.5 Å². The zero-order valence-corrected chi connectivity index (χ0v) is 11.3. The topological polar surface area (TPSA) is 91.3 Å². The number of rotatable bonds is 5. The van der Waals surface area contributed by atoms with E-state index in [4.69, 9.17) is 5.11 Å². The van der Waals surface area contributed by atoms with Gasteiger partial charge < -0.3 is 15.7 Å². The maximum Gasteiger partial charge on any atom is 0.329 e. The van der Waals surface area contributed by atoms with E-state index in [1.807, 2.05) is 6.92 Å². The lowest BCUT2D eigenvalue weighted by molar-refractivity contribution is -0.143. The quantitative estimate of drug-likeness (QED) is 0.755. The second kappa shape index (κ2) is 6.17. The predicted molar refractivity (Wildman–Crippen MR) is 70.7 cm³/mol. The Kier molecular flexibility index (Phi) is 4.86. The van der Waals surface area contributed by atoms with Crippen molar-refractivity contribution in [3.8, 4) is 0 Å². The van der Waals surface area contributed by atoms with Crippen LogP contribution in [-0.4, -0.2) is 27.6 Å². The van der Waals surface area contributed by atoms with Gasteiger partial charge in [-0.15, -0.1) is 0 Å². The molecular weight excluding hydrogens is 246 g/mol. The average molecular weight is 265 g/mol. The molecule has 6 heteroatoms. The number of carboxylic acids is 1. The molecule has 0 saturated carbocycles. The summed E-state index contributed by atoms with van der Waals surface area (Å²) >= 11 is 0. The number of carboxylic acid groups (broad SMARTS) is 1. The molecule has 3 N–H and O–H groups in total. The fourth-order valence-electron chi connectivity index (χ4n) is 1.51. The molecule has 0 fully saturated rings. The van der Waals surface area contributed by atoms with E-state index in [2.05, 4.69) is 15.6 Å². The van der Waals surface area contributed by atoms with Crippen molar-refractivity contribution in [3.05, 3.63) is 30.1 Å². The molecule has 0 spiro atoms. The van der Waals surface area contributed by atoms with Crippen molar-refractivity contribution in [2.24, 2.45) is 0 Å². The van der Waals surface area contributed by atoms with Crippen LogP contribution in [0.25, 0.3) is 0 Å². The first-order valence-electron chi connectivity index (χ1n) is 6.11. The normalized spacial score (nSPS) is 15.1. The third-order valence-electron chi connectivity index (χ3n) is 3.12. The van der Waals surface area contributed by atoms with Gasteiger partial charge in [-0.05, 0) is 38.0 Å². The molecular formula is C13H19N3O3. The number of aliphatic carboxylic acids is 1. The first kappa shape index (κ1) is 14.9. The number of amides is 2. The van der Waals surface area contributed by atoms with Gasteiger partial charge in [-0.3, -0.25) is 4.98 Å². The van der Waals surface area contributed by atoms with Gasteiger partial charge in [0.05, 0.1) is 6.04 Å². The van der Waals surface area contributed by atoms with Crippen LogP contribution in [0.15, 0.2) is 24.5 Å². The van der Waals surface area contributed by atoms with Crippen LogP contribution in [0.5, 0.6) is 0 Å². The van der Waals surface area contributed by atoms with Crippen LogP contribution in [0, 0.1) is 0 Å². The van der Waals surface area contributed by atoms with E-state index < -0.39 is 17.5 Å². The van der Waals surface area contributed by atoms with Crippen molar-refractivity contribution in [2.75, 3.05) is 0 Å². The Morgan fingerprint density at radius 1 is 1.42 bits per heavy atom. The molecule has 0 aliphatic heterocycles. The lowest BCUT2D eigenvalue weighted by Gasteiger charge is -2.26. The Labute approximate surface area is 112 Å². The second-order valence-electron chi connectivity index (χ2n) is 4.59. The number of carbonyl (C=O) groups excluding carboxylic acids is 1. The number of urea groups is 1. The van der Waals surface area contributed by atoms with Gasteiger partial charge in [-0.1, -0.05) is 6.92 Å². The molecule has 19 heavy (non-hydrogen) atoms. The number of pyridine rings is 1. The second-order valence-corrected chi connectivity index (χ2v) is 4.59. The van der Waals surface area contributed by atoms with E-state index in [1.165, 1.54) is 6.92 Å². The van der Waals surface area contributed by atoms with E-state index in [-0.39, 0.29) is 6.04 Å². The summed E-state index contributed by atoms with van der Waals surface area (Å²) < 4.78 is 0. The molecule has 6 nitrogen and oxygen atoms in total. The minimum absolute atomic E-state index is 0.224. The standard InChI is InChI=1S/C13H19N3O3/c1-4-13(3,11(17)18)16-12(19)15-9(2)10-5-7-14-8-6-10/h5-9H,4H2,1-3H3,(H,17,18)(H2,15,16,19). The third kappa shape index (κ3) is 3.94. The Morgan fingerprint density at radius 3 is 2.47 bits per heavy atom. The van der Waals surface area contributed by atoms with Crippen LogP contribution in [0.1, 0.15) is 38.8 Å². The summed E-state index contributed by atoms with van der Waals surface area (Å²) in [6, 6.07) is 2.86. The third-order valence-corrected chi connectivity index (χ3v) is 3.12. The Hall–Kier alpha value is -2.11. The van der Waals surface area contributed by atoms with Crippen LogP contribution in [-0.2, 0) is 4.79 Å². The zero-order valence-electron chi connectivity index (χ0n) is 11.3. The molecule has 2 atom stereocenters. The molecule has 1 heterocycles. The lowest BCUT2D eigenvalue weighted by atomic mass is 10.00. The van der Waals surface area contributed by atoms with Gasteiger partial charge in [0.25, 0.3) is 0 Å². The van der Waals surface area contributed by atoms with Gasteiger partial charge in [-0.25, -0.2) is 9.59 Å². The van der Waals surface area contributed by atoms with Gasteiger partial charge in [0.2, 0.25) is 0 Å². The van der Waals surface area contributed by atoms with Crippen LogP contribution < -0.4 is 10.6 Å². The highest BCUT2D eigenvalue weighted by atomic mass is 16.4. The number of aromatic nitrogens is 1. The van der Waals surface area contributed by atoms with E-state index in [0.717, 1.165) is 5.56 Å². The van der Waals surface area contributed by atoms with Crippen molar-refractivity contribution in [1.29, 1.82) is 0 Å². The lowest BCUT2D eigenvalue weighted by Crippen LogP contribution is -2.55. The Balaban J connectivity index is 2.63. The van der Waals surface area contributed by atoms with Crippen molar-refractivity contribution >= 4 is 12.0 Å². The highest BCUT2D eigenvalue weighted by Gasteiger charge is 2.33. The first-order valence-corrected chi connectivity index (χ1v) is 6.11. The Bertz CT molecular complexity index is 450. The van der Waals surface area contributed by atoms with Crippen LogP contribution >= 0.6 is 0 Å². The van der Waals surface area contributed by atoms with E-state index >= 15 is 0 Å². The van der Waals surface area contributed by atoms with Crippen molar-refractivity contribution in [2.45, 2.75) is 38.8 Å². The smallest absolute Gasteiger partial charge is 0.329 e. The minimum atomic E-state index is -1.26. The van der Waals surface area contributed by atoms with E-state index in [9.17, 15) is 9.59 Å². The number of carbonyl (C=O) groups is 2. The average Bonchev–Trinajstić information content (AvgIpc) is 2.39. The molecule has 0 aliphatic carbocycles. The maximum atomic E-state index is 11.8. The van der Waals surface area contributed by atoms with Crippen molar-refractivity contribution < 1.29 is 14.7 Å². The highest BCUT2D eigenvalue weighted by molar-refractivity contribution is 5.85. The number of nitrogens with zero attached hydrogens (tertiary/aromatic N) is 1. The summed E-state index contributed by atoms with van der Waals surface area (Å²) in [7, 11) is 0. The molecule has 0 aromatic carbocycles. The SMILES string of the molecule is CCC(C)(NC(=O)NC(C)c1ccncc1)C(=O)O. The largest absolute Gasteiger partial charge is 0.480 e. The van der Waals surface area contributed by atoms with Gasteiger partial charge in [0, 0.05) is 12.4 Å². The zero-order chi connectivity index (χ0) is 14.5. The summed E-state index contributed by atoms with van der Waals surface area (Å²) in [6.45, 7) is 5.01. The van der Waals surface area contributed by atoms with Crippen LogP contribution in [0.4, 0.5) is 4.79 Å². The molecule has 1 rings (SSSR count). The Morgan fingerprint density at radius 2 is 2.00 bits per heavy atom. The molecule has 0 radical (unpaired) electrons. The molecule has 1 aromatic heterocycles. The monoisotopic (exact) mass is 265 g/mol. The molecule has 104 valence electrons. The molecule has 2 amide bonds. The van der Waals surface area contributed by atoms with Crippen LogP contribution in [0.2, 0.25) is 0 Å². The van der Waals surface area contributed by atoms with Crippen molar-refractivity contribution in [1.82, 2.24) is 15.6 Å². The maximum absolute atomic E-state index is 11.8. The summed E-state index contributed by atoms with van der Waals surface area (Å²) in [5.74, 6) is -1.05. The van der Waals surface area contributed by atoms with Gasteiger partial charge in [0.1, 0.15) is 5.54 Å². The fraction of sp³-hybridized carbons (Fsp3) is 0.462. The number of nitrogens with one attached hydrogen (secondary N) is 2. The van der Waals surface area contributed by atoms with Gasteiger partial charge in [-0.2, -0.15) is 0 Å². The molecule has 0 bridgehead atoms. The minimum Gasteiger partial charge on any atom is -0.480 e. The fourth-order valence-corrected chi connectivity index (χ4v) is 1.51. The van der Waals surface area contributed by atoms with Gasteiger partial charge >= 0.3 is 12.0 Å². The van der Waals surface area contributed by atoms with Crippen LogP contribution in [0.3, 0.4) is 0 Å². The summed E-state index contributed by atoms with van der Waals surface area (Å²) in [5.41, 5.74) is -0.360. The summed E-state index contributed by atoms with van der Waals surface area (Å²) in [5, 5.41) is 14.3. The summed E-state index contributed by atoms with van der Waals surface area (Å²) in [4.78, 5) is 26.8. The molecule has 0 aliphatic rings. The number of hydrogen-bond acceptors (Lipinski definition) is 3. The first-order chi connectivity index (χ1) is 8.89. The summed E-state index contributed by atoms with van der Waals surface area (Å²) in [6.07, 6.45) is 3.58. The number of hydrogen-bond donors (Lipinski definition) is 3. The predicted octanol–water partition coefficient (Wildman–Crippen LogP) is 1.70. The molecule has 1 aromatic rings. The van der Waals surface area contributed by atoms with Gasteiger partial charge in [0.15, 0.2) is 0 Å².